The zero-order valence-corrected chi connectivity index (χ0v) is 10.3. The molecule has 0 atom stereocenters. The number of nitrogens with one attached hydrogen (secondary N) is 1. The third-order valence-electron chi connectivity index (χ3n) is 3.62. The molecule has 1 aliphatic rings. The highest BCUT2D eigenvalue weighted by Crippen LogP contribution is 2.18. The van der Waals surface area contributed by atoms with Crippen LogP contribution in [0.15, 0.2) is 24.5 Å². The zero-order valence-electron chi connectivity index (χ0n) is 10.3. The van der Waals surface area contributed by atoms with Crippen molar-refractivity contribution in [3.05, 3.63) is 35.8 Å². The number of carbonyl (C=O) groups excluding carboxylic acids is 1. The van der Waals surface area contributed by atoms with Gasteiger partial charge in [0.2, 0.25) is 0 Å². The summed E-state index contributed by atoms with van der Waals surface area (Å²) < 4.78 is 1.94. The molecule has 4 nitrogen and oxygen atoms in total. The minimum absolute atomic E-state index is 0.688. The summed E-state index contributed by atoms with van der Waals surface area (Å²) in [6, 6.07) is 3.71. The fraction of sp³-hybridized carbons (Fsp3) is 0.429. The van der Waals surface area contributed by atoms with E-state index in [0.717, 1.165) is 43.1 Å². The summed E-state index contributed by atoms with van der Waals surface area (Å²) in [4.78, 5) is 15.3. The number of imidazole rings is 1. The molecule has 0 bridgehead atoms. The highest BCUT2D eigenvalue weighted by molar-refractivity contribution is 5.74. The van der Waals surface area contributed by atoms with Gasteiger partial charge in [0.25, 0.3) is 0 Å². The van der Waals surface area contributed by atoms with Crippen LogP contribution in [-0.4, -0.2) is 28.8 Å². The van der Waals surface area contributed by atoms with E-state index in [9.17, 15) is 4.79 Å². The van der Waals surface area contributed by atoms with Gasteiger partial charge in [0.05, 0.1) is 5.69 Å². The quantitative estimate of drug-likeness (QED) is 0.834. The minimum Gasteiger partial charge on any atom is -0.317 e. The van der Waals surface area contributed by atoms with Crippen LogP contribution < -0.4 is 5.32 Å². The number of nitrogens with zero attached hydrogens (tertiary/aromatic N) is 2. The van der Waals surface area contributed by atoms with Crippen molar-refractivity contribution < 1.29 is 4.79 Å². The average molecular weight is 243 g/mol. The molecule has 1 N–H and O–H groups in total. The van der Waals surface area contributed by atoms with Crippen LogP contribution >= 0.6 is 0 Å². The molecule has 2 aromatic heterocycles. The number of hydrogen-bond donors (Lipinski definition) is 1. The second kappa shape index (κ2) is 4.90. The van der Waals surface area contributed by atoms with Gasteiger partial charge < -0.3 is 9.72 Å². The number of hydrogen-bond acceptors (Lipinski definition) is 3. The Hall–Kier alpha value is -1.68. The predicted molar refractivity (Wildman–Crippen MR) is 69.9 cm³/mol. The average Bonchev–Trinajstić information content (AvgIpc) is 2.80. The van der Waals surface area contributed by atoms with Crippen LogP contribution in [0.5, 0.6) is 0 Å². The lowest BCUT2D eigenvalue weighted by molar-refractivity contribution is 0.112. The van der Waals surface area contributed by atoms with E-state index in [4.69, 9.17) is 0 Å². The summed E-state index contributed by atoms with van der Waals surface area (Å²) in [6.07, 6.45) is 8.25. The van der Waals surface area contributed by atoms with Crippen molar-refractivity contribution in [1.82, 2.24) is 14.7 Å². The van der Waals surface area contributed by atoms with Crippen molar-refractivity contribution >= 4 is 11.9 Å². The maximum absolute atomic E-state index is 10.7. The van der Waals surface area contributed by atoms with Gasteiger partial charge in [0.1, 0.15) is 5.65 Å². The second-order valence-corrected chi connectivity index (χ2v) is 4.98. The Morgan fingerprint density at radius 1 is 1.33 bits per heavy atom. The molecular formula is C14H17N3O. The molecule has 1 saturated heterocycles. The van der Waals surface area contributed by atoms with E-state index in [1.807, 2.05) is 28.9 Å². The molecule has 0 unspecified atom stereocenters. The number of aromatic nitrogens is 2. The summed E-state index contributed by atoms with van der Waals surface area (Å²) in [6.45, 7) is 2.24. The van der Waals surface area contributed by atoms with Crippen molar-refractivity contribution in [2.75, 3.05) is 13.1 Å². The number of piperidine rings is 1. The minimum atomic E-state index is 0.688. The second-order valence-electron chi connectivity index (χ2n) is 4.98. The van der Waals surface area contributed by atoms with Crippen LogP contribution in [0.25, 0.3) is 5.65 Å². The van der Waals surface area contributed by atoms with E-state index in [1.165, 1.54) is 12.8 Å². The lowest BCUT2D eigenvalue weighted by atomic mass is 9.93. The van der Waals surface area contributed by atoms with Crippen LogP contribution in [0.2, 0.25) is 0 Å². The summed E-state index contributed by atoms with van der Waals surface area (Å²) >= 11 is 0. The van der Waals surface area contributed by atoms with Crippen molar-refractivity contribution in [3.63, 3.8) is 0 Å². The zero-order chi connectivity index (χ0) is 12.4. The first-order valence-corrected chi connectivity index (χ1v) is 6.49. The van der Waals surface area contributed by atoms with Crippen molar-refractivity contribution in [1.29, 1.82) is 0 Å². The van der Waals surface area contributed by atoms with Crippen LogP contribution in [0.1, 0.15) is 28.9 Å². The van der Waals surface area contributed by atoms with E-state index in [0.29, 0.717) is 5.56 Å². The molecule has 1 aliphatic heterocycles. The number of rotatable bonds is 3. The summed E-state index contributed by atoms with van der Waals surface area (Å²) in [5, 5.41) is 3.38. The molecule has 0 amide bonds. The number of aldehydes is 1. The molecule has 94 valence electrons. The molecule has 0 spiro atoms. The molecule has 3 heterocycles. The fourth-order valence-corrected chi connectivity index (χ4v) is 2.61. The summed E-state index contributed by atoms with van der Waals surface area (Å²) in [7, 11) is 0. The van der Waals surface area contributed by atoms with Crippen molar-refractivity contribution in [2.45, 2.75) is 19.3 Å². The van der Waals surface area contributed by atoms with E-state index in [-0.39, 0.29) is 0 Å². The Balaban J connectivity index is 1.81. The lowest BCUT2D eigenvalue weighted by Gasteiger charge is -2.21. The Morgan fingerprint density at radius 3 is 2.94 bits per heavy atom. The van der Waals surface area contributed by atoms with Gasteiger partial charge in [-0.2, -0.15) is 0 Å². The van der Waals surface area contributed by atoms with Crippen LogP contribution in [-0.2, 0) is 6.42 Å². The Labute approximate surface area is 106 Å². The van der Waals surface area contributed by atoms with Gasteiger partial charge in [-0.05, 0) is 50.4 Å². The van der Waals surface area contributed by atoms with Gasteiger partial charge in [-0.25, -0.2) is 4.98 Å². The normalized spacial score (nSPS) is 17.1. The van der Waals surface area contributed by atoms with Crippen LogP contribution in [0, 0.1) is 5.92 Å². The fourth-order valence-electron chi connectivity index (χ4n) is 2.61. The summed E-state index contributed by atoms with van der Waals surface area (Å²) in [5.41, 5.74) is 2.74. The van der Waals surface area contributed by atoms with Crippen LogP contribution in [0.4, 0.5) is 0 Å². The Bertz CT molecular complexity index is 555. The van der Waals surface area contributed by atoms with E-state index >= 15 is 0 Å². The monoisotopic (exact) mass is 243 g/mol. The third kappa shape index (κ3) is 2.29. The van der Waals surface area contributed by atoms with Gasteiger partial charge in [0, 0.05) is 18.0 Å². The highest BCUT2D eigenvalue weighted by atomic mass is 16.1. The van der Waals surface area contributed by atoms with Gasteiger partial charge in [-0.3, -0.25) is 4.79 Å². The maximum Gasteiger partial charge on any atom is 0.151 e. The predicted octanol–water partition coefficient (Wildman–Crippen LogP) is 1.69. The number of pyridine rings is 1. The Kier molecular flexibility index (Phi) is 3.11. The molecule has 1 fully saturated rings. The molecule has 4 heteroatoms. The van der Waals surface area contributed by atoms with Crippen molar-refractivity contribution in [3.8, 4) is 0 Å². The lowest BCUT2D eigenvalue weighted by Crippen LogP contribution is -2.28. The highest BCUT2D eigenvalue weighted by Gasteiger charge is 2.15. The van der Waals surface area contributed by atoms with E-state index in [1.54, 1.807) is 0 Å². The smallest absolute Gasteiger partial charge is 0.151 e. The SMILES string of the molecule is O=Cc1ccc2nc(CC3CCNCC3)cn2c1. The molecule has 0 radical (unpaired) electrons. The Morgan fingerprint density at radius 2 is 2.17 bits per heavy atom. The standard InChI is InChI=1S/C14H17N3O/c18-10-12-1-2-14-16-13(9-17(14)8-12)7-11-3-5-15-6-4-11/h1-2,8-11,15H,3-7H2. The van der Waals surface area contributed by atoms with Gasteiger partial charge >= 0.3 is 0 Å². The molecule has 18 heavy (non-hydrogen) atoms. The molecule has 2 aromatic rings. The first-order chi connectivity index (χ1) is 8.85. The van der Waals surface area contributed by atoms with E-state index < -0.39 is 0 Å². The topological polar surface area (TPSA) is 46.4 Å². The van der Waals surface area contributed by atoms with Crippen LogP contribution in [0.3, 0.4) is 0 Å². The third-order valence-corrected chi connectivity index (χ3v) is 3.62. The first-order valence-electron chi connectivity index (χ1n) is 6.49. The number of carbonyl (C=O) groups is 1. The number of fused-ring (bicyclic) bond motifs is 1. The van der Waals surface area contributed by atoms with Crippen molar-refractivity contribution in [2.24, 2.45) is 5.92 Å². The maximum atomic E-state index is 10.7. The van der Waals surface area contributed by atoms with Gasteiger partial charge in [-0.15, -0.1) is 0 Å². The molecule has 0 aromatic carbocycles. The molecule has 0 aliphatic carbocycles. The van der Waals surface area contributed by atoms with E-state index in [2.05, 4.69) is 10.3 Å². The van der Waals surface area contributed by atoms with Gasteiger partial charge in [0.15, 0.2) is 6.29 Å². The molecule has 0 saturated carbocycles. The first kappa shape index (κ1) is 11.4. The molecule has 3 rings (SSSR count). The summed E-state index contributed by atoms with van der Waals surface area (Å²) in [5.74, 6) is 0.738. The largest absolute Gasteiger partial charge is 0.317 e. The molecular weight excluding hydrogens is 226 g/mol. The van der Waals surface area contributed by atoms with Gasteiger partial charge in [-0.1, -0.05) is 0 Å².